The van der Waals surface area contributed by atoms with Crippen molar-refractivity contribution in [2.24, 2.45) is 0 Å². The van der Waals surface area contributed by atoms with E-state index in [1.807, 2.05) is 0 Å². The van der Waals surface area contributed by atoms with E-state index in [2.05, 4.69) is 0 Å². The number of benzene rings is 4. The van der Waals surface area contributed by atoms with Crippen LogP contribution in [0, 0.1) is 34.9 Å². The van der Waals surface area contributed by atoms with Crippen LogP contribution < -0.4 is 28.4 Å². The maximum atomic E-state index is 14.9. The van der Waals surface area contributed by atoms with Crippen LogP contribution in [-0.2, 0) is 12.6 Å². The summed E-state index contributed by atoms with van der Waals surface area (Å²) in [5, 5.41) is 0. The standard InChI is InChI=1S/C38H38B2F6O6/c1-7-47-33-27(19-13-23(41)31(45)24(42)14-19)21(17-39)29(35(49-9-3)37(33)51-11-5)30-22(18-40)28(20-15-25(43)32(46)26(44)16-20)34(48-8-2)38(52-12-6)36(30)50-10-4/h13-16H,7-12,17-18H2,1-6H3. The lowest BCUT2D eigenvalue weighted by Crippen LogP contribution is -2.13. The highest BCUT2D eigenvalue weighted by molar-refractivity contribution is 6.13. The minimum atomic E-state index is -1.69. The van der Waals surface area contributed by atoms with Crippen molar-refractivity contribution in [3.63, 3.8) is 0 Å². The molecule has 6 nitrogen and oxygen atoms in total. The third kappa shape index (κ3) is 7.47. The van der Waals surface area contributed by atoms with E-state index in [9.17, 15) is 26.3 Å². The molecule has 0 aliphatic rings. The van der Waals surface area contributed by atoms with Crippen LogP contribution in [0.1, 0.15) is 52.7 Å². The molecule has 0 amide bonds. The Kier molecular flexibility index (Phi) is 13.7. The molecule has 0 saturated heterocycles. The molecule has 4 aromatic rings. The van der Waals surface area contributed by atoms with Gasteiger partial charge in [-0.25, -0.2) is 26.3 Å². The van der Waals surface area contributed by atoms with E-state index in [1.54, 1.807) is 41.5 Å². The topological polar surface area (TPSA) is 55.4 Å². The molecular formula is C38H38B2F6O6. The van der Waals surface area contributed by atoms with Crippen LogP contribution in [0.3, 0.4) is 0 Å². The summed E-state index contributed by atoms with van der Waals surface area (Å²) in [6.45, 7) is 10.5. The van der Waals surface area contributed by atoms with Gasteiger partial charge in [0.05, 0.1) is 55.3 Å². The average Bonchev–Trinajstić information content (AvgIpc) is 3.11. The fourth-order valence-corrected chi connectivity index (χ4v) is 6.09. The number of rotatable bonds is 17. The highest BCUT2D eigenvalue weighted by Gasteiger charge is 2.36. The summed E-state index contributed by atoms with van der Waals surface area (Å²) in [5.41, 5.74) is 0.329. The molecule has 4 rings (SSSR count). The molecular weight excluding hydrogens is 688 g/mol. The minimum Gasteiger partial charge on any atom is -0.489 e. The van der Waals surface area contributed by atoms with Gasteiger partial charge < -0.3 is 28.4 Å². The fourth-order valence-electron chi connectivity index (χ4n) is 6.09. The van der Waals surface area contributed by atoms with Crippen molar-refractivity contribution in [2.75, 3.05) is 39.6 Å². The maximum absolute atomic E-state index is 14.9. The molecule has 0 fully saturated rings. The zero-order valence-corrected chi connectivity index (χ0v) is 29.8. The second-order valence-electron chi connectivity index (χ2n) is 10.9. The summed E-state index contributed by atoms with van der Waals surface area (Å²) in [6, 6.07) is 3.17. The highest BCUT2D eigenvalue weighted by atomic mass is 19.2. The molecule has 52 heavy (non-hydrogen) atoms. The van der Waals surface area contributed by atoms with E-state index >= 15 is 0 Å². The van der Waals surface area contributed by atoms with Gasteiger partial charge in [-0.05, 0) is 88.1 Å². The van der Waals surface area contributed by atoms with Crippen molar-refractivity contribution in [2.45, 2.75) is 54.2 Å². The molecule has 4 radical (unpaired) electrons. The summed E-state index contributed by atoms with van der Waals surface area (Å²) in [4.78, 5) is 0. The molecule has 0 atom stereocenters. The second-order valence-corrected chi connectivity index (χ2v) is 10.9. The van der Waals surface area contributed by atoms with Crippen molar-refractivity contribution < 1.29 is 54.8 Å². The van der Waals surface area contributed by atoms with E-state index in [0.29, 0.717) is 0 Å². The van der Waals surface area contributed by atoms with Crippen molar-refractivity contribution in [1.29, 1.82) is 0 Å². The summed E-state index contributed by atoms with van der Waals surface area (Å²) in [5.74, 6) is -9.21. The lowest BCUT2D eigenvalue weighted by Gasteiger charge is -2.30. The molecule has 0 unspecified atom stereocenters. The SMILES string of the molecule is [B]Cc1c(-c2cc(F)c(F)c(F)c2)c(OCC)c(OCC)c(OCC)c1-c1c(C[B])c(-c2cc(F)c(F)c(F)c2)c(OCC)c(OCC)c1OCC. The van der Waals surface area contributed by atoms with Gasteiger partial charge in [-0.15, -0.1) is 0 Å². The van der Waals surface area contributed by atoms with Crippen LogP contribution in [0.5, 0.6) is 34.5 Å². The molecule has 0 bridgehead atoms. The van der Waals surface area contributed by atoms with Gasteiger partial charge in [0.15, 0.2) is 57.9 Å². The number of halogens is 6. The van der Waals surface area contributed by atoms with Crippen molar-refractivity contribution in [1.82, 2.24) is 0 Å². The first-order valence-electron chi connectivity index (χ1n) is 16.9. The predicted octanol–water partition coefficient (Wildman–Crippen LogP) is 9.25. The Morgan fingerprint density at radius 3 is 0.846 bits per heavy atom. The lowest BCUT2D eigenvalue weighted by molar-refractivity contribution is 0.259. The predicted molar refractivity (Wildman–Crippen MR) is 188 cm³/mol. The Labute approximate surface area is 302 Å². The quantitative estimate of drug-likeness (QED) is 0.0615. The summed E-state index contributed by atoms with van der Waals surface area (Å²) < 4.78 is 125. The Morgan fingerprint density at radius 2 is 0.615 bits per heavy atom. The van der Waals surface area contributed by atoms with Gasteiger partial charge in [0, 0.05) is 22.3 Å². The third-order valence-electron chi connectivity index (χ3n) is 7.88. The molecule has 0 N–H and O–H groups in total. The molecule has 0 aromatic heterocycles. The first-order chi connectivity index (χ1) is 25.0. The van der Waals surface area contributed by atoms with Gasteiger partial charge in [-0.3, -0.25) is 0 Å². The summed E-state index contributed by atoms with van der Waals surface area (Å²) in [7, 11) is 13.0. The number of hydrogen-bond donors (Lipinski definition) is 0. The Hall–Kier alpha value is -4.61. The van der Waals surface area contributed by atoms with Gasteiger partial charge in [0.2, 0.25) is 11.5 Å². The molecule has 0 spiro atoms. The minimum absolute atomic E-state index is 0.00349. The normalized spacial score (nSPS) is 11.1. The molecule has 0 heterocycles. The van der Waals surface area contributed by atoms with Gasteiger partial charge in [0.25, 0.3) is 0 Å². The van der Waals surface area contributed by atoms with Gasteiger partial charge in [-0.1, -0.05) is 12.6 Å². The first-order valence-corrected chi connectivity index (χ1v) is 16.9. The highest BCUT2D eigenvalue weighted by Crippen LogP contribution is 2.60. The maximum Gasteiger partial charge on any atom is 0.204 e. The lowest BCUT2D eigenvalue weighted by atomic mass is 9.77. The Bertz CT molecular complexity index is 1740. The van der Waals surface area contributed by atoms with E-state index < -0.39 is 34.9 Å². The third-order valence-corrected chi connectivity index (χ3v) is 7.88. The van der Waals surface area contributed by atoms with Gasteiger partial charge in [0.1, 0.15) is 0 Å². The van der Waals surface area contributed by atoms with Crippen molar-refractivity contribution in [3.05, 3.63) is 70.3 Å². The largest absolute Gasteiger partial charge is 0.489 e. The van der Waals surface area contributed by atoms with Crippen LogP contribution in [-0.4, -0.2) is 55.3 Å². The zero-order valence-electron chi connectivity index (χ0n) is 29.8. The fraction of sp³-hybridized carbons (Fsp3) is 0.368. The zero-order chi connectivity index (χ0) is 38.3. The van der Waals surface area contributed by atoms with Crippen molar-refractivity contribution in [3.8, 4) is 67.9 Å². The first kappa shape index (κ1) is 40.2. The van der Waals surface area contributed by atoms with Gasteiger partial charge >= 0.3 is 0 Å². The van der Waals surface area contributed by atoms with Crippen LogP contribution >= 0.6 is 0 Å². The number of hydrogen-bond acceptors (Lipinski definition) is 6. The van der Waals surface area contributed by atoms with E-state index in [1.165, 1.54) is 0 Å². The van der Waals surface area contributed by atoms with Crippen LogP contribution in [0.4, 0.5) is 26.3 Å². The monoisotopic (exact) mass is 726 g/mol. The molecule has 0 aliphatic carbocycles. The molecule has 274 valence electrons. The Morgan fingerprint density at radius 1 is 0.385 bits per heavy atom. The molecule has 14 heteroatoms. The Balaban J connectivity index is 2.45. The van der Waals surface area contributed by atoms with Crippen LogP contribution in [0.2, 0.25) is 0 Å². The van der Waals surface area contributed by atoms with Gasteiger partial charge in [-0.2, -0.15) is 0 Å². The smallest absolute Gasteiger partial charge is 0.204 e. The van der Waals surface area contributed by atoms with Crippen LogP contribution in [0.25, 0.3) is 33.4 Å². The molecule has 0 saturated carbocycles. The van der Waals surface area contributed by atoms with E-state index in [4.69, 9.17) is 44.1 Å². The molecule has 0 aliphatic heterocycles. The second kappa shape index (κ2) is 17.7. The van der Waals surface area contributed by atoms with E-state index in [0.717, 1.165) is 24.3 Å². The van der Waals surface area contributed by atoms with Crippen LogP contribution in [0.15, 0.2) is 24.3 Å². The average molecular weight is 726 g/mol. The number of ether oxygens (including phenoxy) is 6. The van der Waals surface area contributed by atoms with Crippen molar-refractivity contribution >= 4 is 15.7 Å². The molecule has 4 aromatic carbocycles. The summed E-state index contributed by atoms with van der Waals surface area (Å²) >= 11 is 0. The van der Waals surface area contributed by atoms with E-state index in [-0.39, 0.29) is 131 Å². The summed E-state index contributed by atoms with van der Waals surface area (Å²) in [6.07, 6.45) is -0.695.